The Bertz CT molecular complexity index is 339. The maximum Gasteiger partial charge on any atom is 0.0903 e. The van der Waals surface area contributed by atoms with Gasteiger partial charge in [-0.3, -0.25) is 0 Å². The van der Waals surface area contributed by atoms with Crippen LogP contribution < -0.4 is 5.73 Å². The summed E-state index contributed by atoms with van der Waals surface area (Å²) >= 11 is 0. The highest BCUT2D eigenvalue weighted by molar-refractivity contribution is 5.17. The third-order valence-electron chi connectivity index (χ3n) is 4.43. The van der Waals surface area contributed by atoms with Crippen LogP contribution in [0.4, 0.5) is 0 Å². The minimum absolute atomic E-state index is 0.566. The first kappa shape index (κ1) is 11.2. The first-order chi connectivity index (χ1) is 8.40. The van der Waals surface area contributed by atoms with Crippen molar-refractivity contribution in [3.63, 3.8) is 0 Å². The van der Waals surface area contributed by atoms with Crippen LogP contribution >= 0.6 is 0 Å². The third kappa shape index (κ3) is 1.99. The third-order valence-corrected chi connectivity index (χ3v) is 4.43. The van der Waals surface area contributed by atoms with Crippen LogP contribution in [0.15, 0.2) is 0 Å². The molecule has 1 aromatic heterocycles. The molecule has 4 nitrogen and oxygen atoms in total. The molecule has 2 saturated carbocycles. The quantitative estimate of drug-likeness (QED) is 0.874. The van der Waals surface area contributed by atoms with Gasteiger partial charge in [-0.15, -0.1) is 5.10 Å². The van der Waals surface area contributed by atoms with Gasteiger partial charge in [-0.25, -0.2) is 4.68 Å². The summed E-state index contributed by atoms with van der Waals surface area (Å²) in [5.41, 5.74) is 8.35. The van der Waals surface area contributed by atoms with Crippen molar-refractivity contribution in [1.82, 2.24) is 15.0 Å². The highest BCUT2D eigenvalue weighted by Gasteiger charge is 2.27. The van der Waals surface area contributed by atoms with Crippen molar-refractivity contribution in [1.29, 1.82) is 0 Å². The van der Waals surface area contributed by atoms with Gasteiger partial charge in [-0.1, -0.05) is 30.9 Å². The summed E-state index contributed by atoms with van der Waals surface area (Å²) in [4.78, 5) is 0. The topological polar surface area (TPSA) is 56.7 Å². The molecule has 2 N–H and O–H groups in total. The van der Waals surface area contributed by atoms with Gasteiger partial charge in [-0.05, 0) is 25.7 Å². The summed E-state index contributed by atoms with van der Waals surface area (Å²) < 4.78 is 2.14. The maximum atomic E-state index is 5.93. The van der Waals surface area contributed by atoms with Crippen LogP contribution in [0.5, 0.6) is 0 Å². The molecule has 0 bridgehead atoms. The minimum atomic E-state index is 0.566. The standard InChI is InChI=1S/C13H22N4/c14-9-12-13(10-5-1-2-6-10)15-16-17(12)11-7-3-4-8-11/h10-11H,1-9,14H2. The predicted molar refractivity (Wildman–Crippen MR) is 66.6 cm³/mol. The molecule has 17 heavy (non-hydrogen) atoms. The van der Waals surface area contributed by atoms with Crippen molar-refractivity contribution in [2.24, 2.45) is 5.73 Å². The van der Waals surface area contributed by atoms with E-state index in [1.54, 1.807) is 0 Å². The number of rotatable bonds is 3. The van der Waals surface area contributed by atoms with Crippen molar-refractivity contribution in [2.45, 2.75) is 69.9 Å². The van der Waals surface area contributed by atoms with E-state index in [2.05, 4.69) is 15.0 Å². The fourth-order valence-corrected chi connectivity index (χ4v) is 3.48. The van der Waals surface area contributed by atoms with Crippen LogP contribution in [-0.4, -0.2) is 15.0 Å². The Labute approximate surface area is 103 Å². The van der Waals surface area contributed by atoms with E-state index in [0.29, 0.717) is 18.5 Å². The summed E-state index contributed by atoms with van der Waals surface area (Å²) in [6.45, 7) is 0.593. The number of nitrogens with two attached hydrogens (primary N) is 1. The lowest BCUT2D eigenvalue weighted by Gasteiger charge is -2.14. The molecule has 0 aliphatic heterocycles. The fraction of sp³-hybridized carbons (Fsp3) is 0.846. The van der Waals surface area contributed by atoms with Gasteiger partial charge in [0.25, 0.3) is 0 Å². The number of aromatic nitrogens is 3. The molecular formula is C13H22N4. The highest BCUT2D eigenvalue weighted by Crippen LogP contribution is 2.36. The molecule has 1 aromatic rings. The fourth-order valence-electron chi connectivity index (χ4n) is 3.48. The van der Waals surface area contributed by atoms with Crippen molar-refractivity contribution in [2.75, 3.05) is 0 Å². The molecule has 0 aromatic carbocycles. The number of hydrogen-bond acceptors (Lipinski definition) is 3. The largest absolute Gasteiger partial charge is 0.325 e. The van der Waals surface area contributed by atoms with Crippen LogP contribution in [0.3, 0.4) is 0 Å². The van der Waals surface area contributed by atoms with Crippen LogP contribution in [-0.2, 0) is 6.54 Å². The van der Waals surface area contributed by atoms with Crippen molar-refractivity contribution >= 4 is 0 Å². The average Bonchev–Trinajstić information content (AvgIpc) is 3.09. The van der Waals surface area contributed by atoms with E-state index in [4.69, 9.17) is 5.73 Å². The lowest BCUT2D eigenvalue weighted by Crippen LogP contribution is -2.15. The molecule has 2 aliphatic rings. The molecule has 0 saturated heterocycles. The van der Waals surface area contributed by atoms with E-state index < -0.39 is 0 Å². The summed E-state index contributed by atoms with van der Waals surface area (Å²) in [5.74, 6) is 0.628. The van der Waals surface area contributed by atoms with Gasteiger partial charge in [0.15, 0.2) is 0 Å². The van der Waals surface area contributed by atoms with Crippen LogP contribution in [0.2, 0.25) is 0 Å². The Balaban J connectivity index is 1.88. The molecular weight excluding hydrogens is 212 g/mol. The summed E-state index contributed by atoms with van der Waals surface area (Å²) in [6, 6.07) is 0.566. The summed E-state index contributed by atoms with van der Waals surface area (Å²) in [7, 11) is 0. The van der Waals surface area contributed by atoms with Crippen molar-refractivity contribution in [3.8, 4) is 0 Å². The molecule has 0 atom stereocenters. The Morgan fingerprint density at radius 2 is 1.71 bits per heavy atom. The molecule has 0 unspecified atom stereocenters. The number of hydrogen-bond donors (Lipinski definition) is 1. The lowest BCUT2D eigenvalue weighted by atomic mass is 10.0. The zero-order valence-electron chi connectivity index (χ0n) is 10.4. The van der Waals surface area contributed by atoms with Gasteiger partial charge in [0.2, 0.25) is 0 Å². The van der Waals surface area contributed by atoms with Gasteiger partial charge < -0.3 is 5.73 Å². The Morgan fingerprint density at radius 1 is 1.06 bits per heavy atom. The second-order valence-corrected chi connectivity index (χ2v) is 5.49. The zero-order valence-corrected chi connectivity index (χ0v) is 10.4. The molecule has 3 rings (SSSR count). The second kappa shape index (κ2) is 4.77. The smallest absolute Gasteiger partial charge is 0.0903 e. The van der Waals surface area contributed by atoms with Gasteiger partial charge in [0, 0.05) is 12.5 Å². The van der Waals surface area contributed by atoms with E-state index in [0.717, 1.165) is 0 Å². The van der Waals surface area contributed by atoms with Crippen LogP contribution in [0.25, 0.3) is 0 Å². The summed E-state index contributed by atoms with van der Waals surface area (Å²) in [5, 5.41) is 8.85. The predicted octanol–water partition coefficient (Wildman–Crippen LogP) is 2.51. The average molecular weight is 234 g/mol. The van der Waals surface area contributed by atoms with E-state index in [9.17, 15) is 0 Å². The van der Waals surface area contributed by atoms with Gasteiger partial charge >= 0.3 is 0 Å². The Hall–Kier alpha value is -0.900. The molecule has 4 heteroatoms. The van der Waals surface area contributed by atoms with Gasteiger partial charge in [0.05, 0.1) is 17.4 Å². The van der Waals surface area contributed by atoms with Crippen LogP contribution in [0, 0.1) is 0 Å². The van der Waals surface area contributed by atoms with Gasteiger partial charge in [0.1, 0.15) is 0 Å². The Morgan fingerprint density at radius 3 is 2.35 bits per heavy atom. The first-order valence-corrected chi connectivity index (χ1v) is 7.04. The van der Waals surface area contributed by atoms with E-state index >= 15 is 0 Å². The minimum Gasteiger partial charge on any atom is -0.325 e. The van der Waals surface area contributed by atoms with Crippen molar-refractivity contribution in [3.05, 3.63) is 11.4 Å². The monoisotopic (exact) mass is 234 g/mol. The van der Waals surface area contributed by atoms with E-state index in [1.807, 2.05) is 0 Å². The maximum absolute atomic E-state index is 5.93. The van der Waals surface area contributed by atoms with Gasteiger partial charge in [-0.2, -0.15) is 0 Å². The Kier molecular flexibility index (Phi) is 3.14. The molecule has 0 amide bonds. The normalized spacial score (nSPS) is 22.6. The molecule has 94 valence electrons. The van der Waals surface area contributed by atoms with Crippen LogP contribution in [0.1, 0.15) is 74.7 Å². The lowest BCUT2D eigenvalue weighted by molar-refractivity contribution is 0.438. The molecule has 0 radical (unpaired) electrons. The van der Waals surface area contributed by atoms with E-state index in [-0.39, 0.29) is 0 Å². The zero-order chi connectivity index (χ0) is 11.7. The molecule has 0 spiro atoms. The SMILES string of the molecule is NCc1c(C2CCCC2)nnn1C1CCCC1. The van der Waals surface area contributed by atoms with Crippen molar-refractivity contribution < 1.29 is 0 Å². The first-order valence-electron chi connectivity index (χ1n) is 7.04. The second-order valence-electron chi connectivity index (χ2n) is 5.49. The highest BCUT2D eigenvalue weighted by atomic mass is 15.4. The molecule has 2 fully saturated rings. The van der Waals surface area contributed by atoms with E-state index in [1.165, 1.54) is 62.8 Å². The number of nitrogens with zero attached hydrogens (tertiary/aromatic N) is 3. The summed E-state index contributed by atoms with van der Waals surface area (Å²) in [6.07, 6.45) is 10.4. The molecule has 2 aliphatic carbocycles. The molecule has 1 heterocycles.